The van der Waals surface area contributed by atoms with Gasteiger partial charge in [-0.3, -0.25) is 0 Å². The molecule has 0 saturated carbocycles. The molecule has 0 fully saturated rings. The van der Waals surface area contributed by atoms with E-state index in [1.54, 1.807) is 12.7 Å². The van der Waals surface area contributed by atoms with Gasteiger partial charge in [0.25, 0.3) is 0 Å². The van der Waals surface area contributed by atoms with E-state index in [9.17, 15) is 0 Å². The monoisotopic (exact) mass is 430 g/mol. The molecule has 2 heterocycles. The van der Waals surface area contributed by atoms with Crippen molar-refractivity contribution in [2.75, 3.05) is 13.1 Å². The lowest BCUT2D eigenvalue weighted by Crippen LogP contribution is -2.38. The highest BCUT2D eigenvalue weighted by Gasteiger charge is 2.06. The fourth-order valence-electron chi connectivity index (χ4n) is 3.76. The van der Waals surface area contributed by atoms with Crippen LogP contribution in [0.25, 0.3) is 11.0 Å². The number of imidazole rings is 1. The van der Waals surface area contributed by atoms with E-state index in [-0.39, 0.29) is 0 Å². The molecule has 2 aromatic carbocycles. The maximum absolute atomic E-state index is 4.76. The minimum Gasteiger partial charge on any atom is -0.357 e. The van der Waals surface area contributed by atoms with Gasteiger partial charge < -0.3 is 15.2 Å². The van der Waals surface area contributed by atoms with Crippen LogP contribution in [0.1, 0.15) is 30.3 Å². The molecular weight excluding hydrogens is 400 g/mol. The molecule has 0 amide bonds. The zero-order valence-electron chi connectivity index (χ0n) is 18.7. The number of guanidine groups is 1. The zero-order valence-corrected chi connectivity index (χ0v) is 18.7. The number of hydrogen-bond donors (Lipinski definition) is 2. The van der Waals surface area contributed by atoms with E-state index in [1.807, 2.05) is 10.7 Å². The first-order valence-corrected chi connectivity index (χ1v) is 11.1. The van der Waals surface area contributed by atoms with Crippen molar-refractivity contribution < 1.29 is 0 Å². The Morgan fingerprint density at radius 1 is 1.06 bits per heavy atom. The number of nitrogens with one attached hydrogen (secondary N) is 2. The molecule has 0 saturated heterocycles. The summed E-state index contributed by atoms with van der Waals surface area (Å²) in [6, 6.07) is 16.7. The predicted molar refractivity (Wildman–Crippen MR) is 127 cm³/mol. The van der Waals surface area contributed by atoms with E-state index >= 15 is 0 Å². The van der Waals surface area contributed by atoms with Crippen LogP contribution >= 0.6 is 0 Å². The van der Waals surface area contributed by atoms with E-state index in [0.29, 0.717) is 13.1 Å². The second-order valence-corrected chi connectivity index (χ2v) is 7.69. The first-order valence-electron chi connectivity index (χ1n) is 11.1. The quantitative estimate of drug-likeness (QED) is 0.242. The number of nitrogens with zero attached hydrogens (tertiary/aromatic N) is 6. The molecule has 2 aromatic heterocycles. The average molecular weight is 431 g/mol. The van der Waals surface area contributed by atoms with Gasteiger partial charge in [-0.2, -0.15) is 5.10 Å². The van der Waals surface area contributed by atoms with Gasteiger partial charge >= 0.3 is 0 Å². The molecule has 0 unspecified atom stereocenters. The molecule has 0 bridgehead atoms. The van der Waals surface area contributed by atoms with Crippen molar-refractivity contribution in [3.05, 3.63) is 78.1 Å². The van der Waals surface area contributed by atoms with Crippen LogP contribution in [0.5, 0.6) is 0 Å². The van der Waals surface area contributed by atoms with Crippen molar-refractivity contribution in [3.63, 3.8) is 0 Å². The van der Waals surface area contributed by atoms with Crippen LogP contribution in [0.3, 0.4) is 0 Å². The average Bonchev–Trinajstić information content (AvgIpc) is 3.42. The molecular formula is C24H30N8. The number of aliphatic imine (C=N–C) groups is 1. The fourth-order valence-corrected chi connectivity index (χ4v) is 3.76. The van der Waals surface area contributed by atoms with Gasteiger partial charge in [0.15, 0.2) is 5.96 Å². The molecule has 2 N–H and O–H groups in total. The summed E-state index contributed by atoms with van der Waals surface area (Å²) in [6.45, 7) is 8.05. The number of fused-ring (bicyclic) bond motifs is 1. The minimum absolute atomic E-state index is 0.617. The van der Waals surface area contributed by atoms with Crippen LogP contribution < -0.4 is 10.6 Å². The largest absolute Gasteiger partial charge is 0.357 e. The third-order valence-electron chi connectivity index (χ3n) is 5.26. The predicted octanol–water partition coefficient (Wildman–Crippen LogP) is 3.13. The summed E-state index contributed by atoms with van der Waals surface area (Å²) < 4.78 is 4.10. The number of aromatic nitrogens is 5. The summed E-state index contributed by atoms with van der Waals surface area (Å²) in [5.74, 6) is 1.89. The Kier molecular flexibility index (Phi) is 7.12. The fraction of sp³-hybridized carbons (Fsp3) is 0.333. The normalized spacial score (nSPS) is 11.8. The Morgan fingerprint density at radius 2 is 1.94 bits per heavy atom. The van der Waals surface area contributed by atoms with Gasteiger partial charge in [-0.15, -0.1) is 0 Å². The summed E-state index contributed by atoms with van der Waals surface area (Å²) in [5, 5.41) is 11.0. The smallest absolute Gasteiger partial charge is 0.191 e. The van der Waals surface area contributed by atoms with E-state index in [0.717, 1.165) is 43.4 Å². The minimum atomic E-state index is 0.617. The number of aryl methyl sites for hydroxylation is 2. The molecule has 4 rings (SSSR count). The van der Waals surface area contributed by atoms with Crippen LogP contribution in [0.4, 0.5) is 0 Å². The van der Waals surface area contributed by atoms with Crippen molar-refractivity contribution in [1.29, 1.82) is 0 Å². The van der Waals surface area contributed by atoms with Gasteiger partial charge in [0.05, 0.1) is 24.1 Å². The van der Waals surface area contributed by atoms with Crippen LogP contribution in [-0.2, 0) is 19.6 Å². The lowest BCUT2D eigenvalue weighted by molar-refractivity contribution is 0.624. The van der Waals surface area contributed by atoms with Crippen molar-refractivity contribution in [2.45, 2.75) is 39.9 Å². The molecule has 32 heavy (non-hydrogen) atoms. The molecule has 0 aliphatic rings. The van der Waals surface area contributed by atoms with Crippen LogP contribution in [-0.4, -0.2) is 43.4 Å². The molecule has 0 atom stereocenters. The summed E-state index contributed by atoms with van der Waals surface area (Å²) in [5.41, 5.74) is 4.60. The maximum atomic E-state index is 4.76. The lowest BCUT2D eigenvalue weighted by atomic mass is 10.1. The number of rotatable bonds is 9. The van der Waals surface area contributed by atoms with E-state index < -0.39 is 0 Å². The van der Waals surface area contributed by atoms with Gasteiger partial charge in [0.2, 0.25) is 0 Å². The maximum Gasteiger partial charge on any atom is 0.191 e. The Hall–Kier alpha value is -3.68. The molecule has 166 valence electrons. The number of benzene rings is 2. The Morgan fingerprint density at radius 3 is 2.78 bits per heavy atom. The molecule has 4 aromatic rings. The zero-order chi connectivity index (χ0) is 22.2. The Bertz CT molecular complexity index is 1160. The van der Waals surface area contributed by atoms with Crippen molar-refractivity contribution in [1.82, 2.24) is 34.9 Å². The summed E-state index contributed by atoms with van der Waals surface area (Å²) in [4.78, 5) is 13.4. The summed E-state index contributed by atoms with van der Waals surface area (Å²) >= 11 is 0. The van der Waals surface area contributed by atoms with Gasteiger partial charge in [0, 0.05) is 19.6 Å². The number of para-hydroxylation sites is 2. The van der Waals surface area contributed by atoms with Gasteiger partial charge in [-0.25, -0.2) is 19.6 Å². The van der Waals surface area contributed by atoms with Crippen LogP contribution in [0, 0.1) is 6.92 Å². The van der Waals surface area contributed by atoms with E-state index in [4.69, 9.17) is 4.99 Å². The second-order valence-electron chi connectivity index (χ2n) is 7.69. The topological polar surface area (TPSA) is 85.0 Å². The highest BCUT2D eigenvalue weighted by atomic mass is 15.3. The first-order chi connectivity index (χ1) is 15.7. The first kappa shape index (κ1) is 21.5. The molecule has 0 aliphatic heterocycles. The van der Waals surface area contributed by atoms with Crippen LogP contribution in [0.2, 0.25) is 0 Å². The number of hydrogen-bond acceptors (Lipinski definition) is 4. The molecule has 0 spiro atoms. The van der Waals surface area contributed by atoms with Gasteiger partial charge in [-0.05, 0) is 43.5 Å². The van der Waals surface area contributed by atoms with Crippen LogP contribution in [0.15, 0.2) is 66.2 Å². The van der Waals surface area contributed by atoms with Crippen molar-refractivity contribution in [3.8, 4) is 0 Å². The molecule has 0 radical (unpaired) electrons. The molecule has 8 heteroatoms. The summed E-state index contributed by atoms with van der Waals surface area (Å²) in [7, 11) is 0. The highest BCUT2D eigenvalue weighted by Crippen LogP contribution is 2.15. The molecule has 0 aliphatic carbocycles. The standard InChI is InChI=1S/C24H30N8/c1-3-26-24(27-12-7-13-32-19(2)30-22-10-4-5-11-23(22)32)28-15-20-8-6-9-21(14-20)16-31-18-25-17-29-31/h4-6,8-11,14,17-18H,3,7,12-13,15-16H2,1-2H3,(H2,26,27,28). The lowest BCUT2D eigenvalue weighted by Gasteiger charge is -2.12. The highest BCUT2D eigenvalue weighted by molar-refractivity contribution is 5.79. The second kappa shape index (κ2) is 10.6. The SMILES string of the molecule is CCNC(=NCc1cccc(Cn2cncn2)c1)NCCCn1c(C)nc2ccccc21. The van der Waals surface area contributed by atoms with Crippen molar-refractivity contribution in [2.24, 2.45) is 4.99 Å². The van der Waals surface area contributed by atoms with E-state index in [1.165, 1.54) is 16.6 Å². The Balaban J connectivity index is 1.32. The van der Waals surface area contributed by atoms with Crippen molar-refractivity contribution >= 4 is 17.0 Å². The van der Waals surface area contributed by atoms with Gasteiger partial charge in [0.1, 0.15) is 18.5 Å². The third-order valence-corrected chi connectivity index (χ3v) is 5.26. The third kappa shape index (κ3) is 5.51. The van der Waals surface area contributed by atoms with E-state index in [2.05, 4.69) is 86.6 Å². The van der Waals surface area contributed by atoms with Gasteiger partial charge in [-0.1, -0.05) is 36.4 Å². The molecule has 8 nitrogen and oxygen atoms in total. The summed E-state index contributed by atoms with van der Waals surface area (Å²) in [6.07, 6.45) is 4.27. The Labute approximate surface area is 188 Å².